The third kappa shape index (κ3) is 3.29. The Morgan fingerprint density at radius 3 is 2.79 bits per heavy atom. The van der Waals surface area contributed by atoms with Crippen molar-refractivity contribution in [3.63, 3.8) is 0 Å². The number of hydrogen-bond donors (Lipinski definition) is 1. The number of ether oxygens (including phenoxy) is 1. The zero-order valence-corrected chi connectivity index (χ0v) is 11.1. The van der Waals surface area contributed by atoms with Crippen LogP contribution >= 0.6 is 0 Å². The summed E-state index contributed by atoms with van der Waals surface area (Å²) in [6.45, 7) is 5.46. The summed E-state index contributed by atoms with van der Waals surface area (Å²) < 4.78 is 23.6. The first kappa shape index (κ1) is 13.5. The fraction of sp³-hybridized carbons (Fsp3) is 0.385. The van der Waals surface area contributed by atoms with Crippen LogP contribution in [-0.2, 0) is 12.1 Å². The summed E-state index contributed by atoms with van der Waals surface area (Å²) in [5, 5.41) is 3.77. The maximum atomic E-state index is 13.1. The lowest BCUT2D eigenvalue weighted by atomic mass is 10.1. The average Bonchev–Trinajstić information content (AvgIpc) is 2.79. The normalized spacial score (nSPS) is 11.6. The van der Waals surface area contributed by atoms with E-state index in [2.05, 4.69) is 10.1 Å². The Hall–Kier alpha value is -1.95. The minimum atomic E-state index is -0.670. The van der Waals surface area contributed by atoms with E-state index < -0.39 is 5.54 Å². The molecule has 5 nitrogen and oxygen atoms in total. The van der Waals surface area contributed by atoms with Gasteiger partial charge in [-0.3, -0.25) is 0 Å². The van der Waals surface area contributed by atoms with Crippen LogP contribution in [0.15, 0.2) is 22.7 Å². The molecule has 1 heterocycles. The molecule has 0 radical (unpaired) electrons. The van der Waals surface area contributed by atoms with E-state index in [0.29, 0.717) is 17.5 Å². The zero-order valence-electron chi connectivity index (χ0n) is 11.1. The minimum Gasteiger partial charge on any atom is -0.483 e. The summed E-state index contributed by atoms with van der Waals surface area (Å²) in [6.07, 6.45) is 0. The molecule has 2 aromatic rings. The molecule has 0 saturated carbocycles. The predicted molar refractivity (Wildman–Crippen MR) is 67.0 cm³/mol. The smallest absolute Gasteiger partial charge is 0.264 e. The molecule has 0 unspecified atom stereocenters. The van der Waals surface area contributed by atoms with Crippen molar-refractivity contribution in [3.05, 3.63) is 41.3 Å². The van der Waals surface area contributed by atoms with E-state index in [1.54, 1.807) is 19.9 Å². The van der Waals surface area contributed by atoms with Gasteiger partial charge in [0.2, 0.25) is 0 Å². The molecule has 0 aliphatic carbocycles. The van der Waals surface area contributed by atoms with Crippen LogP contribution in [0.4, 0.5) is 4.39 Å². The number of hydrogen-bond acceptors (Lipinski definition) is 5. The van der Waals surface area contributed by atoms with Crippen molar-refractivity contribution >= 4 is 0 Å². The Balaban J connectivity index is 2.06. The molecule has 1 aromatic heterocycles. The molecule has 0 saturated heterocycles. The number of aryl methyl sites for hydroxylation is 1. The molecule has 0 bridgehead atoms. The SMILES string of the molecule is Cc1ccc(F)cc1OCc1nc(C(C)(C)N)no1. The van der Waals surface area contributed by atoms with Crippen LogP contribution in [0.25, 0.3) is 0 Å². The summed E-state index contributed by atoms with van der Waals surface area (Å²) in [6, 6.07) is 4.34. The Kier molecular flexibility index (Phi) is 3.53. The zero-order chi connectivity index (χ0) is 14.0. The van der Waals surface area contributed by atoms with Crippen molar-refractivity contribution in [2.75, 3.05) is 0 Å². The highest BCUT2D eigenvalue weighted by atomic mass is 19.1. The van der Waals surface area contributed by atoms with Crippen LogP contribution < -0.4 is 10.5 Å². The van der Waals surface area contributed by atoms with E-state index in [1.165, 1.54) is 12.1 Å². The second kappa shape index (κ2) is 4.97. The topological polar surface area (TPSA) is 74.2 Å². The maximum absolute atomic E-state index is 13.1. The summed E-state index contributed by atoms with van der Waals surface area (Å²) >= 11 is 0. The van der Waals surface area contributed by atoms with Gasteiger partial charge in [0.25, 0.3) is 5.89 Å². The van der Waals surface area contributed by atoms with E-state index in [1.807, 2.05) is 6.92 Å². The van der Waals surface area contributed by atoms with Gasteiger partial charge in [0, 0.05) is 6.07 Å². The first-order valence-electron chi connectivity index (χ1n) is 5.87. The predicted octanol–water partition coefficient (Wildman–Crippen LogP) is 2.29. The van der Waals surface area contributed by atoms with Crippen molar-refractivity contribution in [3.8, 4) is 5.75 Å². The van der Waals surface area contributed by atoms with E-state index in [-0.39, 0.29) is 12.4 Å². The number of rotatable bonds is 4. The number of nitrogens with zero attached hydrogens (tertiary/aromatic N) is 2. The lowest BCUT2D eigenvalue weighted by Crippen LogP contribution is -2.30. The van der Waals surface area contributed by atoms with Gasteiger partial charge in [0.05, 0.1) is 5.54 Å². The first-order chi connectivity index (χ1) is 8.86. The van der Waals surface area contributed by atoms with Crippen molar-refractivity contribution < 1.29 is 13.7 Å². The van der Waals surface area contributed by atoms with Gasteiger partial charge in [-0.05, 0) is 32.4 Å². The van der Waals surface area contributed by atoms with Gasteiger partial charge in [0.1, 0.15) is 11.6 Å². The number of benzene rings is 1. The first-order valence-corrected chi connectivity index (χ1v) is 5.87. The minimum absolute atomic E-state index is 0.0768. The molecule has 6 heteroatoms. The second-order valence-corrected chi connectivity index (χ2v) is 4.93. The molecule has 1 aromatic carbocycles. The maximum Gasteiger partial charge on any atom is 0.264 e. The summed E-state index contributed by atoms with van der Waals surface area (Å²) in [7, 11) is 0. The van der Waals surface area contributed by atoms with E-state index in [9.17, 15) is 4.39 Å². The Morgan fingerprint density at radius 2 is 2.16 bits per heavy atom. The number of nitrogens with two attached hydrogens (primary N) is 1. The standard InChI is InChI=1S/C13H16FN3O2/c1-8-4-5-9(14)6-10(8)18-7-11-16-12(17-19-11)13(2,3)15/h4-6H,7,15H2,1-3H3. The lowest BCUT2D eigenvalue weighted by Gasteiger charge is -2.11. The summed E-state index contributed by atoms with van der Waals surface area (Å²) in [5.41, 5.74) is 6.01. The van der Waals surface area contributed by atoms with Crippen molar-refractivity contribution in [2.24, 2.45) is 5.73 Å². The molecule has 2 rings (SSSR count). The van der Waals surface area contributed by atoms with E-state index in [0.717, 1.165) is 5.56 Å². The Labute approximate surface area is 110 Å². The van der Waals surface area contributed by atoms with Crippen LogP contribution in [-0.4, -0.2) is 10.1 Å². The van der Waals surface area contributed by atoms with Gasteiger partial charge in [-0.25, -0.2) is 4.39 Å². The van der Waals surface area contributed by atoms with Crippen molar-refractivity contribution in [2.45, 2.75) is 32.9 Å². The fourth-order valence-corrected chi connectivity index (χ4v) is 1.44. The Bertz CT molecular complexity index is 576. The molecule has 0 fully saturated rings. The van der Waals surface area contributed by atoms with Crippen LogP contribution in [0.3, 0.4) is 0 Å². The van der Waals surface area contributed by atoms with Gasteiger partial charge in [-0.1, -0.05) is 11.2 Å². The number of aromatic nitrogens is 2. The van der Waals surface area contributed by atoms with Gasteiger partial charge in [-0.2, -0.15) is 4.98 Å². The highest BCUT2D eigenvalue weighted by Gasteiger charge is 2.21. The van der Waals surface area contributed by atoms with Gasteiger partial charge < -0.3 is 15.0 Å². The highest BCUT2D eigenvalue weighted by Crippen LogP contribution is 2.20. The number of halogens is 1. The van der Waals surface area contributed by atoms with Crippen molar-refractivity contribution in [1.82, 2.24) is 10.1 Å². The molecule has 0 aliphatic rings. The third-order valence-electron chi connectivity index (χ3n) is 2.55. The highest BCUT2D eigenvalue weighted by molar-refractivity contribution is 5.32. The molecule has 102 valence electrons. The van der Waals surface area contributed by atoms with Gasteiger partial charge >= 0.3 is 0 Å². The third-order valence-corrected chi connectivity index (χ3v) is 2.55. The molecule has 0 amide bonds. The largest absolute Gasteiger partial charge is 0.483 e. The lowest BCUT2D eigenvalue weighted by molar-refractivity contribution is 0.240. The van der Waals surface area contributed by atoms with Crippen LogP contribution in [0.2, 0.25) is 0 Å². The molecular weight excluding hydrogens is 249 g/mol. The molecule has 0 atom stereocenters. The van der Waals surface area contributed by atoms with Crippen LogP contribution in [0.5, 0.6) is 5.75 Å². The molecule has 0 aliphatic heterocycles. The summed E-state index contributed by atoms with van der Waals surface area (Å²) in [4.78, 5) is 4.13. The molecule has 2 N–H and O–H groups in total. The van der Waals surface area contributed by atoms with Crippen molar-refractivity contribution in [1.29, 1.82) is 0 Å². The molecule has 19 heavy (non-hydrogen) atoms. The van der Waals surface area contributed by atoms with Crippen LogP contribution in [0.1, 0.15) is 31.1 Å². The van der Waals surface area contributed by atoms with Gasteiger partial charge in [0.15, 0.2) is 12.4 Å². The average molecular weight is 265 g/mol. The van der Waals surface area contributed by atoms with Crippen LogP contribution in [0, 0.1) is 12.7 Å². The van der Waals surface area contributed by atoms with Gasteiger partial charge in [-0.15, -0.1) is 0 Å². The second-order valence-electron chi connectivity index (χ2n) is 4.93. The fourth-order valence-electron chi connectivity index (χ4n) is 1.44. The molecule has 0 spiro atoms. The molecular formula is C13H16FN3O2. The quantitative estimate of drug-likeness (QED) is 0.918. The van der Waals surface area contributed by atoms with E-state index >= 15 is 0 Å². The van der Waals surface area contributed by atoms with E-state index in [4.69, 9.17) is 15.0 Å². The monoisotopic (exact) mass is 265 g/mol. The summed E-state index contributed by atoms with van der Waals surface area (Å²) in [5.74, 6) is 0.806. The Morgan fingerprint density at radius 1 is 1.42 bits per heavy atom.